The van der Waals surface area contributed by atoms with Crippen molar-refractivity contribution >= 4 is 42.4 Å². The lowest BCUT2D eigenvalue weighted by molar-refractivity contribution is 0.0376. The maximum absolute atomic E-state index is 14.3. The Kier molecular flexibility index (Phi) is 7.38. The number of sulfone groups is 1. The molecule has 0 N–H and O–H groups in total. The highest BCUT2D eigenvalue weighted by Gasteiger charge is 2.24. The quantitative estimate of drug-likeness (QED) is 0.479. The molecule has 33 heavy (non-hydrogen) atoms. The second-order valence-electron chi connectivity index (χ2n) is 7.78. The molecule has 3 aromatic rings. The third-order valence-electron chi connectivity index (χ3n) is 5.61. The summed E-state index contributed by atoms with van der Waals surface area (Å²) in [5.74, 6) is -0.846. The van der Waals surface area contributed by atoms with Crippen LogP contribution in [-0.2, 0) is 14.6 Å². The van der Waals surface area contributed by atoms with Crippen LogP contribution >= 0.6 is 11.3 Å². The van der Waals surface area contributed by atoms with Gasteiger partial charge in [0.05, 0.1) is 28.6 Å². The minimum Gasteiger partial charge on any atom is -0.379 e. The average molecular weight is 492 g/mol. The maximum atomic E-state index is 14.3. The average Bonchev–Trinajstić information content (AvgIpc) is 3.27. The van der Waals surface area contributed by atoms with Crippen molar-refractivity contribution in [2.75, 3.05) is 50.0 Å². The van der Waals surface area contributed by atoms with Gasteiger partial charge < -0.3 is 4.74 Å². The molecule has 0 atom stereocenters. The molecule has 0 spiro atoms. The third kappa shape index (κ3) is 5.40. The van der Waals surface area contributed by atoms with E-state index in [4.69, 9.17) is 4.74 Å². The van der Waals surface area contributed by atoms with E-state index in [1.807, 2.05) is 0 Å². The summed E-state index contributed by atoms with van der Waals surface area (Å²) in [6.45, 7) is 5.81. The summed E-state index contributed by atoms with van der Waals surface area (Å²) in [5.41, 5.74) is 0.487. The number of carbonyl (C=O) groups is 1. The number of amides is 1. The highest BCUT2D eigenvalue weighted by atomic mass is 32.2. The predicted molar refractivity (Wildman–Crippen MR) is 127 cm³/mol. The number of rotatable bonds is 8. The van der Waals surface area contributed by atoms with Crippen LogP contribution in [0.2, 0.25) is 0 Å². The molecule has 2 aromatic carbocycles. The standard InChI is InChI=1S/C23H26FN3O4S2/c1-2-33(29,30)18-7-3-6-17(16-18)22(28)27(11-5-10-26-12-14-31-15-13-26)23-25-21-19(24)8-4-9-20(21)32-23/h3-4,6-9,16H,2,5,10-15H2,1H3. The highest BCUT2D eigenvalue weighted by Crippen LogP contribution is 2.31. The summed E-state index contributed by atoms with van der Waals surface area (Å²) in [6.07, 6.45) is 0.692. The van der Waals surface area contributed by atoms with Crippen molar-refractivity contribution in [3.63, 3.8) is 0 Å². The Labute approximate surface area is 196 Å². The van der Waals surface area contributed by atoms with Crippen LogP contribution in [0, 0.1) is 5.82 Å². The van der Waals surface area contributed by atoms with Gasteiger partial charge in [-0.15, -0.1) is 0 Å². The zero-order valence-electron chi connectivity index (χ0n) is 18.4. The van der Waals surface area contributed by atoms with Crippen molar-refractivity contribution in [1.29, 1.82) is 0 Å². The van der Waals surface area contributed by atoms with E-state index in [1.165, 1.54) is 34.4 Å². The number of thiazole rings is 1. The number of hydrogen-bond donors (Lipinski definition) is 0. The summed E-state index contributed by atoms with van der Waals surface area (Å²) in [5, 5.41) is 0.394. The second kappa shape index (κ2) is 10.3. The van der Waals surface area contributed by atoms with Crippen LogP contribution < -0.4 is 4.90 Å². The van der Waals surface area contributed by atoms with E-state index < -0.39 is 15.7 Å². The van der Waals surface area contributed by atoms with Crippen LogP contribution in [0.5, 0.6) is 0 Å². The molecule has 2 heterocycles. The van der Waals surface area contributed by atoms with Crippen LogP contribution in [0.3, 0.4) is 0 Å². The fraction of sp³-hybridized carbons (Fsp3) is 0.391. The molecule has 0 bridgehead atoms. The normalized spacial score (nSPS) is 15.1. The molecule has 0 radical (unpaired) electrons. The van der Waals surface area contributed by atoms with Gasteiger partial charge >= 0.3 is 0 Å². The van der Waals surface area contributed by atoms with Gasteiger partial charge in [-0.25, -0.2) is 17.8 Å². The monoisotopic (exact) mass is 491 g/mol. The molecule has 0 saturated carbocycles. The van der Waals surface area contributed by atoms with Crippen LogP contribution in [0.1, 0.15) is 23.7 Å². The Hall–Kier alpha value is -2.40. The molecule has 7 nitrogen and oxygen atoms in total. The van der Waals surface area contributed by atoms with Crippen molar-refractivity contribution in [2.45, 2.75) is 18.2 Å². The SMILES string of the molecule is CCS(=O)(=O)c1cccc(C(=O)N(CCCN2CCOCC2)c2nc3c(F)cccc3s2)c1. The minimum atomic E-state index is -3.45. The smallest absolute Gasteiger partial charge is 0.260 e. The largest absolute Gasteiger partial charge is 0.379 e. The molecule has 0 aliphatic carbocycles. The number of aromatic nitrogens is 1. The summed E-state index contributed by atoms with van der Waals surface area (Å²) >= 11 is 1.24. The molecule has 1 amide bonds. The number of nitrogens with zero attached hydrogens (tertiary/aromatic N) is 3. The first kappa shape index (κ1) is 23.7. The van der Waals surface area contributed by atoms with Gasteiger partial charge in [-0.1, -0.05) is 30.4 Å². The maximum Gasteiger partial charge on any atom is 0.260 e. The Morgan fingerprint density at radius 3 is 2.70 bits per heavy atom. The molecule has 1 saturated heterocycles. The number of morpholine rings is 1. The Bertz CT molecular complexity index is 1240. The molecular formula is C23H26FN3O4S2. The number of carbonyl (C=O) groups excluding carboxylic acids is 1. The van der Waals surface area contributed by atoms with Gasteiger partial charge in [0.15, 0.2) is 15.0 Å². The third-order valence-corrected chi connectivity index (χ3v) is 8.39. The van der Waals surface area contributed by atoms with Crippen molar-refractivity contribution in [2.24, 2.45) is 0 Å². The number of fused-ring (bicyclic) bond motifs is 1. The molecule has 1 aromatic heterocycles. The van der Waals surface area contributed by atoms with Crippen molar-refractivity contribution in [3.05, 3.63) is 53.8 Å². The van der Waals surface area contributed by atoms with E-state index in [2.05, 4.69) is 9.88 Å². The lowest BCUT2D eigenvalue weighted by Crippen LogP contribution is -2.39. The highest BCUT2D eigenvalue weighted by molar-refractivity contribution is 7.91. The second-order valence-corrected chi connectivity index (χ2v) is 11.1. The van der Waals surface area contributed by atoms with Crippen LogP contribution in [0.25, 0.3) is 10.2 Å². The van der Waals surface area contributed by atoms with E-state index >= 15 is 0 Å². The summed E-state index contributed by atoms with van der Waals surface area (Å²) in [4.78, 5) is 21.9. The summed E-state index contributed by atoms with van der Waals surface area (Å²) in [7, 11) is -3.45. The Balaban J connectivity index is 1.63. The number of ether oxygens (including phenoxy) is 1. The van der Waals surface area contributed by atoms with Gasteiger partial charge in [0.1, 0.15) is 11.3 Å². The van der Waals surface area contributed by atoms with Gasteiger partial charge in [0.2, 0.25) is 0 Å². The number of hydrogen-bond acceptors (Lipinski definition) is 7. The Morgan fingerprint density at radius 2 is 1.97 bits per heavy atom. The van der Waals surface area contributed by atoms with E-state index in [1.54, 1.807) is 31.2 Å². The number of halogens is 1. The van der Waals surface area contributed by atoms with Crippen LogP contribution in [-0.4, -0.2) is 69.4 Å². The fourth-order valence-electron chi connectivity index (χ4n) is 3.73. The van der Waals surface area contributed by atoms with E-state index in [0.717, 1.165) is 19.6 Å². The fourth-order valence-corrected chi connectivity index (χ4v) is 5.66. The van der Waals surface area contributed by atoms with E-state index in [0.29, 0.717) is 36.0 Å². The van der Waals surface area contributed by atoms with Gasteiger partial charge in [-0.05, 0) is 36.8 Å². The number of benzene rings is 2. The van der Waals surface area contributed by atoms with Crippen molar-refractivity contribution < 1.29 is 22.3 Å². The van der Waals surface area contributed by atoms with Crippen LogP contribution in [0.15, 0.2) is 47.4 Å². The van der Waals surface area contributed by atoms with E-state index in [-0.39, 0.29) is 27.6 Å². The molecule has 1 fully saturated rings. The van der Waals surface area contributed by atoms with E-state index in [9.17, 15) is 17.6 Å². The molecule has 176 valence electrons. The number of para-hydroxylation sites is 1. The predicted octanol–water partition coefficient (Wildman–Crippen LogP) is 3.60. The number of anilines is 1. The zero-order valence-corrected chi connectivity index (χ0v) is 20.0. The zero-order chi connectivity index (χ0) is 23.4. The van der Waals surface area contributed by atoms with Crippen molar-refractivity contribution in [1.82, 2.24) is 9.88 Å². The first-order valence-corrected chi connectivity index (χ1v) is 13.4. The lowest BCUT2D eigenvalue weighted by Gasteiger charge is -2.27. The minimum absolute atomic E-state index is 0.0505. The molecular weight excluding hydrogens is 465 g/mol. The topological polar surface area (TPSA) is 79.8 Å². The van der Waals surface area contributed by atoms with Gasteiger partial charge in [-0.3, -0.25) is 14.6 Å². The van der Waals surface area contributed by atoms with Crippen LogP contribution in [0.4, 0.5) is 9.52 Å². The summed E-state index contributed by atoms with van der Waals surface area (Å²) in [6, 6.07) is 10.8. The molecule has 0 unspecified atom stereocenters. The van der Waals surface area contributed by atoms with Gasteiger partial charge in [0.25, 0.3) is 5.91 Å². The Morgan fingerprint density at radius 1 is 1.21 bits per heavy atom. The van der Waals surface area contributed by atoms with Gasteiger partial charge in [0, 0.05) is 31.7 Å². The molecule has 4 rings (SSSR count). The molecule has 1 aliphatic heterocycles. The van der Waals surface area contributed by atoms with Crippen molar-refractivity contribution in [3.8, 4) is 0 Å². The molecule has 1 aliphatic rings. The first-order chi connectivity index (χ1) is 15.9. The van der Waals surface area contributed by atoms with Gasteiger partial charge in [-0.2, -0.15) is 0 Å². The lowest BCUT2D eigenvalue weighted by atomic mass is 10.2. The summed E-state index contributed by atoms with van der Waals surface area (Å²) < 4.78 is 44.9. The first-order valence-electron chi connectivity index (χ1n) is 10.9. The molecule has 10 heteroatoms.